The Morgan fingerprint density at radius 1 is 1.19 bits per heavy atom. The highest BCUT2D eigenvalue weighted by Crippen LogP contribution is 2.34. The summed E-state index contributed by atoms with van der Waals surface area (Å²) < 4.78 is 40.1. The number of hydrogen-bond donors (Lipinski definition) is 1. The van der Waals surface area contributed by atoms with Crippen molar-refractivity contribution in [3.63, 3.8) is 0 Å². The zero-order chi connectivity index (χ0) is 19.0. The van der Waals surface area contributed by atoms with Gasteiger partial charge in [-0.15, -0.1) is 10.2 Å². The largest absolute Gasteiger partial charge is 0.401 e. The number of aromatic amines is 1. The molecule has 0 spiro atoms. The van der Waals surface area contributed by atoms with Gasteiger partial charge in [-0.3, -0.25) is 14.6 Å². The van der Waals surface area contributed by atoms with E-state index < -0.39 is 12.7 Å². The topological polar surface area (TPSA) is 65.9 Å². The van der Waals surface area contributed by atoms with Crippen LogP contribution in [-0.4, -0.2) is 68.8 Å². The van der Waals surface area contributed by atoms with Gasteiger partial charge in [0.25, 0.3) is 0 Å². The quantitative estimate of drug-likeness (QED) is 0.831. The molecule has 2 aromatic rings. The number of nitrogens with one attached hydrogen (secondary N) is 1. The number of nitrogens with zero attached hydrogens (tertiary/aromatic N) is 6. The van der Waals surface area contributed by atoms with Gasteiger partial charge < -0.3 is 4.90 Å². The highest BCUT2D eigenvalue weighted by molar-refractivity contribution is 5.55. The molecule has 2 fully saturated rings. The summed E-state index contributed by atoms with van der Waals surface area (Å²) in [4.78, 5) is 3.57. The molecule has 0 aromatic carbocycles. The molecule has 2 aliphatic rings. The molecular weight excluding hydrogens is 359 g/mol. The van der Waals surface area contributed by atoms with Crippen LogP contribution in [0.3, 0.4) is 0 Å². The van der Waals surface area contributed by atoms with Crippen LogP contribution in [0.15, 0.2) is 12.4 Å². The first-order chi connectivity index (χ1) is 12.9. The lowest BCUT2D eigenvalue weighted by atomic mass is 10.0. The van der Waals surface area contributed by atoms with E-state index in [9.17, 15) is 13.2 Å². The Labute approximate surface area is 155 Å². The lowest BCUT2D eigenvalue weighted by Gasteiger charge is -2.37. The summed E-state index contributed by atoms with van der Waals surface area (Å²) in [6.45, 7) is 1.37. The van der Waals surface area contributed by atoms with Gasteiger partial charge in [-0.1, -0.05) is 0 Å². The van der Waals surface area contributed by atoms with E-state index in [0.29, 0.717) is 31.8 Å². The second-order valence-electron chi connectivity index (χ2n) is 7.61. The van der Waals surface area contributed by atoms with Gasteiger partial charge in [0.2, 0.25) is 5.95 Å². The number of halogens is 3. The average molecular weight is 383 g/mol. The number of piperidine rings is 1. The van der Waals surface area contributed by atoms with Crippen molar-refractivity contribution < 1.29 is 13.2 Å². The van der Waals surface area contributed by atoms with Crippen molar-refractivity contribution in [2.45, 2.75) is 44.4 Å². The normalized spacial score (nSPS) is 19.2. The van der Waals surface area contributed by atoms with Crippen molar-refractivity contribution in [3.05, 3.63) is 12.4 Å². The summed E-state index contributed by atoms with van der Waals surface area (Å²) >= 11 is 0. The van der Waals surface area contributed by atoms with E-state index in [1.165, 1.54) is 17.7 Å². The molecule has 1 aliphatic carbocycles. The maximum absolute atomic E-state index is 12.6. The minimum absolute atomic E-state index is 0.0592. The molecule has 0 atom stereocenters. The zero-order valence-corrected chi connectivity index (χ0v) is 15.3. The fourth-order valence-electron chi connectivity index (χ4n) is 3.76. The number of anilines is 1. The number of alkyl halides is 3. The van der Waals surface area contributed by atoms with Gasteiger partial charge >= 0.3 is 6.18 Å². The number of H-pyrrole nitrogens is 1. The molecule has 1 saturated heterocycles. The molecular formula is C17H24F3N7. The summed E-state index contributed by atoms with van der Waals surface area (Å²) in [5.41, 5.74) is 0.897. The highest BCUT2D eigenvalue weighted by Gasteiger charge is 2.34. The monoisotopic (exact) mass is 383 g/mol. The molecule has 0 amide bonds. The third kappa shape index (κ3) is 4.26. The molecule has 1 aliphatic heterocycles. The van der Waals surface area contributed by atoms with Crippen LogP contribution < -0.4 is 4.90 Å². The van der Waals surface area contributed by atoms with Crippen LogP contribution in [0, 0.1) is 5.92 Å². The fraction of sp³-hybridized carbons (Fsp3) is 0.706. The lowest BCUT2D eigenvalue weighted by Crippen LogP contribution is -2.46. The average Bonchev–Trinajstić information content (AvgIpc) is 3.10. The third-order valence-corrected chi connectivity index (χ3v) is 5.42. The van der Waals surface area contributed by atoms with Gasteiger partial charge in [0.15, 0.2) is 5.82 Å². The summed E-state index contributed by atoms with van der Waals surface area (Å²) in [7, 11) is 1.56. The van der Waals surface area contributed by atoms with Crippen LogP contribution in [-0.2, 0) is 6.54 Å². The van der Waals surface area contributed by atoms with Gasteiger partial charge in [-0.25, -0.2) is 0 Å². The smallest absolute Gasteiger partial charge is 0.341 e. The summed E-state index contributed by atoms with van der Waals surface area (Å²) in [6, 6.07) is -0.0592. The Hall–Kier alpha value is -2.10. The van der Waals surface area contributed by atoms with E-state index in [0.717, 1.165) is 23.9 Å². The van der Waals surface area contributed by atoms with E-state index in [1.807, 2.05) is 0 Å². The predicted molar refractivity (Wildman–Crippen MR) is 94.2 cm³/mol. The van der Waals surface area contributed by atoms with Gasteiger partial charge in [0.05, 0.1) is 18.3 Å². The van der Waals surface area contributed by atoms with Crippen LogP contribution in [0.5, 0.6) is 0 Å². The number of hydrogen-bond acceptors (Lipinski definition) is 5. The summed E-state index contributed by atoms with van der Waals surface area (Å²) in [5, 5.41) is 15.6. The maximum Gasteiger partial charge on any atom is 0.401 e. The number of rotatable bonds is 6. The van der Waals surface area contributed by atoms with Gasteiger partial charge in [-0.05, 0) is 38.6 Å². The molecule has 1 N–H and O–H groups in total. The van der Waals surface area contributed by atoms with Crippen LogP contribution in [0.4, 0.5) is 19.1 Å². The molecule has 4 rings (SSSR count). The second-order valence-corrected chi connectivity index (χ2v) is 7.61. The van der Waals surface area contributed by atoms with Gasteiger partial charge in [0, 0.05) is 31.9 Å². The molecule has 148 valence electrons. The fourth-order valence-corrected chi connectivity index (χ4v) is 3.76. The molecule has 1 saturated carbocycles. The maximum atomic E-state index is 12.6. The minimum atomic E-state index is -4.16. The minimum Gasteiger partial charge on any atom is -0.341 e. The molecule has 27 heavy (non-hydrogen) atoms. The first-order valence-electron chi connectivity index (χ1n) is 9.35. The van der Waals surface area contributed by atoms with Crippen molar-refractivity contribution in [2.75, 3.05) is 31.6 Å². The lowest BCUT2D eigenvalue weighted by molar-refractivity contribution is -0.148. The number of aromatic nitrogens is 5. The summed E-state index contributed by atoms with van der Waals surface area (Å²) in [5.74, 6) is 2.26. The van der Waals surface area contributed by atoms with Crippen LogP contribution in [0.25, 0.3) is 11.4 Å². The first kappa shape index (κ1) is 18.3. The Balaban J connectivity index is 1.46. The zero-order valence-electron chi connectivity index (χ0n) is 15.3. The molecule has 0 radical (unpaired) electrons. The molecule has 0 unspecified atom stereocenters. The van der Waals surface area contributed by atoms with Crippen LogP contribution in [0.2, 0.25) is 0 Å². The molecule has 3 heterocycles. The highest BCUT2D eigenvalue weighted by atomic mass is 19.4. The van der Waals surface area contributed by atoms with Crippen molar-refractivity contribution >= 4 is 5.95 Å². The molecule has 0 bridgehead atoms. The second kappa shape index (κ2) is 7.14. The molecule has 7 nitrogen and oxygen atoms in total. The third-order valence-electron chi connectivity index (χ3n) is 5.42. The molecule has 2 aromatic heterocycles. The van der Waals surface area contributed by atoms with E-state index in [-0.39, 0.29) is 6.04 Å². The van der Waals surface area contributed by atoms with Gasteiger partial charge in [0.1, 0.15) is 0 Å². The van der Waals surface area contributed by atoms with Crippen molar-refractivity contribution in [3.8, 4) is 11.4 Å². The Morgan fingerprint density at radius 3 is 2.52 bits per heavy atom. The Morgan fingerprint density at radius 2 is 1.93 bits per heavy atom. The van der Waals surface area contributed by atoms with Crippen molar-refractivity contribution in [2.24, 2.45) is 5.92 Å². The van der Waals surface area contributed by atoms with E-state index >= 15 is 0 Å². The Kier molecular flexibility index (Phi) is 4.83. The summed E-state index contributed by atoms with van der Waals surface area (Å²) in [6.07, 6.45) is 3.17. The predicted octanol–water partition coefficient (Wildman–Crippen LogP) is 2.54. The molecule has 10 heteroatoms. The van der Waals surface area contributed by atoms with E-state index in [2.05, 4.69) is 29.9 Å². The Bertz CT molecular complexity index is 743. The van der Waals surface area contributed by atoms with E-state index in [1.54, 1.807) is 19.4 Å². The van der Waals surface area contributed by atoms with Crippen molar-refractivity contribution in [1.29, 1.82) is 0 Å². The standard InChI is InChI=1S/C17H24F3N7/c1-25(11-17(18,19)20)14-4-6-26(7-5-14)16-24-23-15(13-8-21-22-9-13)27(16)10-12-2-3-12/h8-9,12,14H,2-7,10-11H2,1H3,(H,21,22). The van der Waals surface area contributed by atoms with Gasteiger partial charge in [-0.2, -0.15) is 18.3 Å². The van der Waals surface area contributed by atoms with Crippen LogP contribution >= 0.6 is 0 Å². The SMILES string of the molecule is CN(CC(F)(F)F)C1CCN(c2nnc(-c3cn[nH]c3)n2CC2CC2)CC1. The van der Waals surface area contributed by atoms with Crippen LogP contribution in [0.1, 0.15) is 25.7 Å². The first-order valence-corrected chi connectivity index (χ1v) is 9.35. The van der Waals surface area contributed by atoms with E-state index in [4.69, 9.17) is 0 Å². The van der Waals surface area contributed by atoms with Crippen molar-refractivity contribution in [1.82, 2.24) is 29.9 Å².